The van der Waals surface area contributed by atoms with Gasteiger partial charge in [-0.1, -0.05) is 36.4 Å². The van der Waals surface area contributed by atoms with Crippen LogP contribution in [-0.4, -0.2) is 55.8 Å². The van der Waals surface area contributed by atoms with Crippen LogP contribution in [0.3, 0.4) is 0 Å². The molecule has 8 heteroatoms. The molecule has 30 heavy (non-hydrogen) atoms. The van der Waals surface area contributed by atoms with E-state index in [1.165, 1.54) is 4.31 Å². The summed E-state index contributed by atoms with van der Waals surface area (Å²) in [5.41, 5.74) is 9.48. The smallest absolute Gasteiger partial charge is 0.243 e. The third-order valence-corrected chi connectivity index (χ3v) is 7.96. The Kier molecular flexibility index (Phi) is 5.92. The fraction of sp³-hybridized carbons (Fsp3) is 0.409. The van der Waals surface area contributed by atoms with Crippen LogP contribution in [0.1, 0.15) is 29.2 Å². The van der Waals surface area contributed by atoms with Crippen molar-refractivity contribution in [3.05, 3.63) is 65.2 Å². The second-order valence-electron chi connectivity index (χ2n) is 8.02. The Bertz CT molecular complexity index is 1020. The normalized spacial score (nSPS) is 22.9. The van der Waals surface area contributed by atoms with Crippen molar-refractivity contribution < 1.29 is 13.2 Å². The molecule has 2 heterocycles. The molecule has 2 aromatic rings. The maximum absolute atomic E-state index is 13.0. The third-order valence-electron chi connectivity index (χ3n) is 6.07. The van der Waals surface area contributed by atoms with Gasteiger partial charge < -0.3 is 4.90 Å². The SMILES string of the molecule is Cc1ccc(S(=O)(=O)N2CCN(C(=O)C3CC(c4ccccc4)NN3)CC2)cc1C. The highest BCUT2D eigenvalue weighted by Gasteiger charge is 2.36. The molecule has 0 aromatic heterocycles. The number of sulfonamides is 1. The number of nitrogens with one attached hydrogen (secondary N) is 2. The number of benzene rings is 2. The van der Waals surface area contributed by atoms with Gasteiger partial charge in [0.05, 0.1) is 4.90 Å². The predicted molar refractivity (Wildman–Crippen MR) is 115 cm³/mol. The number of aryl methyl sites for hydroxylation is 2. The van der Waals surface area contributed by atoms with E-state index in [0.717, 1.165) is 16.7 Å². The minimum absolute atomic E-state index is 0.0177. The molecule has 0 aliphatic carbocycles. The summed E-state index contributed by atoms with van der Waals surface area (Å²) < 4.78 is 27.4. The number of carbonyl (C=O) groups is 1. The number of amides is 1. The van der Waals surface area contributed by atoms with E-state index in [0.29, 0.717) is 37.5 Å². The second kappa shape index (κ2) is 8.47. The Morgan fingerprint density at radius 2 is 1.63 bits per heavy atom. The standard InChI is InChI=1S/C22H28N4O3S/c1-16-8-9-19(14-17(16)2)30(28,29)26-12-10-25(11-13-26)22(27)21-15-20(23-24-21)18-6-4-3-5-7-18/h3-9,14,20-21,23-24H,10-13,15H2,1-2H3. The molecule has 2 atom stereocenters. The summed E-state index contributed by atoms with van der Waals surface area (Å²) in [6.45, 7) is 5.29. The molecule has 0 saturated carbocycles. The van der Waals surface area contributed by atoms with E-state index < -0.39 is 10.0 Å². The van der Waals surface area contributed by atoms with E-state index in [4.69, 9.17) is 0 Å². The Hall–Kier alpha value is -2.26. The topological polar surface area (TPSA) is 81.8 Å². The van der Waals surface area contributed by atoms with Crippen molar-refractivity contribution in [3.63, 3.8) is 0 Å². The van der Waals surface area contributed by atoms with Crippen LogP contribution in [0.5, 0.6) is 0 Å². The molecule has 2 aliphatic heterocycles. The fourth-order valence-electron chi connectivity index (χ4n) is 4.01. The first kappa shape index (κ1) is 21.0. The Morgan fingerprint density at radius 3 is 2.30 bits per heavy atom. The number of nitrogens with zero attached hydrogens (tertiary/aromatic N) is 2. The van der Waals surface area contributed by atoms with Gasteiger partial charge in [0.1, 0.15) is 6.04 Å². The summed E-state index contributed by atoms with van der Waals surface area (Å²) in [7, 11) is -3.55. The van der Waals surface area contributed by atoms with Crippen molar-refractivity contribution >= 4 is 15.9 Å². The lowest BCUT2D eigenvalue weighted by molar-refractivity contribution is -0.134. The summed E-state index contributed by atoms with van der Waals surface area (Å²) in [5.74, 6) is 0.0177. The lowest BCUT2D eigenvalue weighted by Gasteiger charge is -2.35. The molecule has 2 aliphatic rings. The summed E-state index contributed by atoms with van der Waals surface area (Å²) >= 11 is 0. The third kappa shape index (κ3) is 4.13. The maximum atomic E-state index is 13.0. The molecule has 2 N–H and O–H groups in total. The Balaban J connectivity index is 1.36. The summed E-state index contributed by atoms with van der Waals surface area (Å²) in [5, 5.41) is 0. The first-order valence-corrected chi connectivity index (χ1v) is 11.7. The maximum Gasteiger partial charge on any atom is 0.243 e. The average Bonchev–Trinajstić information content (AvgIpc) is 3.26. The van der Waals surface area contributed by atoms with Crippen molar-refractivity contribution in [3.8, 4) is 0 Å². The quantitative estimate of drug-likeness (QED) is 0.775. The number of rotatable bonds is 4. The van der Waals surface area contributed by atoms with Crippen molar-refractivity contribution in [2.75, 3.05) is 26.2 Å². The highest BCUT2D eigenvalue weighted by Crippen LogP contribution is 2.24. The van der Waals surface area contributed by atoms with E-state index >= 15 is 0 Å². The molecule has 0 radical (unpaired) electrons. The van der Waals surface area contributed by atoms with E-state index in [2.05, 4.69) is 10.9 Å². The van der Waals surface area contributed by atoms with Crippen molar-refractivity contribution in [1.82, 2.24) is 20.1 Å². The summed E-state index contributed by atoms with van der Waals surface area (Å²) in [4.78, 5) is 15.0. The molecule has 2 saturated heterocycles. The van der Waals surface area contributed by atoms with Gasteiger partial charge in [-0.05, 0) is 49.1 Å². The van der Waals surface area contributed by atoms with E-state index in [-0.39, 0.29) is 18.0 Å². The molecule has 2 unspecified atom stereocenters. The molecule has 0 spiro atoms. The molecule has 2 aromatic carbocycles. The predicted octanol–water partition coefficient (Wildman–Crippen LogP) is 1.74. The molecule has 0 bridgehead atoms. The first-order chi connectivity index (χ1) is 14.4. The Morgan fingerprint density at radius 1 is 0.933 bits per heavy atom. The first-order valence-electron chi connectivity index (χ1n) is 10.3. The summed E-state index contributed by atoms with van der Waals surface area (Å²) in [6, 6.07) is 15.0. The minimum atomic E-state index is -3.55. The van der Waals surface area contributed by atoms with Crippen molar-refractivity contribution in [1.29, 1.82) is 0 Å². The highest BCUT2D eigenvalue weighted by molar-refractivity contribution is 7.89. The lowest BCUT2D eigenvalue weighted by Crippen LogP contribution is -2.54. The molecule has 160 valence electrons. The van der Waals surface area contributed by atoms with Gasteiger partial charge in [0.15, 0.2) is 0 Å². The van der Waals surface area contributed by atoms with Gasteiger partial charge >= 0.3 is 0 Å². The van der Waals surface area contributed by atoms with Gasteiger partial charge in [0, 0.05) is 32.2 Å². The zero-order valence-electron chi connectivity index (χ0n) is 17.3. The number of hydrogen-bond donors (Lipinski definition) is 2. The number of hydrazine groups is 1. The average molecular weight is 429 g/mol. The largest absolute Gasteiger partial charge is 0.339 e. The highest BCUT2D eigenvalue weighted by atomic mass is 32.2. The van der Waals surface area contributed by atoms with Crippen molar-refractivity contribution in [2.24, 2.45) is 0 Å². The van der Waals surface area contributed by atoms with Crippen LogP contribution in [-0.2, 0) is 14.8 Å². The summed E-state index contributed by atoms with van der Waals surface area (Å²) in [6.07, 6.45) is 0.671. The van der Waals surface area contributed by atoms with Gasteiger partial charge in [-0.3, -0.25) is 4.79 Å². The molecular weight excluding hydrogens is 400 g/mol. The van der Waals surface area contributed by atoms with Crippen LogP contribution < -0.4 is 10.9 Å². The number of hydrogen-bond acceptors (Lipinski definition) is 5. The molecule has 4 rings (SSSR count). The van der Waals surface area contributed by atoms with Gasteiger partial charge in [-0.2, -0.15) is 4.31 Å². The molecule has 7 nitrogen and oxygen atoms in total. The lowest BCUT2D eigenvalue weighted by atomic mass is 10.0. The van der Waals surface area contributed by atoms with Crippen LogP contribution in [0, 0.1) is 13.8 Å². The van der Waals surface area contributed by atoms with E-state index in [1.54, 1.807) is 17.0 Å². The van der Waals surface area contributed by atoms with Gasteiger partial charge in [-0.25, -0.2) is 19.3 Å². The van der Waals surface area contributed by atoms with E-state index in [9.17, 15) is 13.2 Å². The second-order valence-corrected chi connectivity index (χ2v) is 9.95. The number of piperazine rings is 1. The van der Waals surface area contributed by atoms with Gasteiger partial charge in [-0.15, -0.1) is 0 Å². The van der Waals surface area contributed by atoms with E-state index in [1.807, 2.05) is 50.2 Å². The number of carbonyl (C=O) groups excluding carboxylic acids is 1. The zero-order valence-corrected chi connectivity index (χ0v) is 18.2. The fourth-order valence-corrected chi connectivity index (χ4v) is 5.52. The minimum Gasteiger partial charge on any atom is -0.339 e. The van der Waals surface area contributed by atoms with Crippen LogP contribution in [0.15, 0.2) is 53.4 Å². The van der Waals surface area contributed by atoms with Crippen LogP contribution in [0.2, 0.25) is 0 Å². The van der Waals surface area contributed by atoms with Crippen LogP contribution in [0.4, 0.5) is 0 Å². The van der Waals surface area contributed by atoms with Crippen LogP contribution >= 0.6 is 0 Å². The molecular formula is C22H28N4O3S. The molecule has 2 fully saturated rings. The van der Waals surface area contributed by atoms with Gasteiger partial charge in [0.25, 0.3) is 0 Å². The molecule has 1 amide bonds. The Labute approximate surface area is 178 Å². The van der Waals surface area contributed by atoms with Crippen molar-refractivity contribution in [2.45, 2.75) is 37.2 Å². The van der Waals surface area contributed by atoms with Crippen LogP contribution in [0.25, 0.3) is 0 Å². The van der Waals surface area contributed by atoms with Gasteiger partial charge in [0.2, 0.25) is 15.9 Å². The zero-order chi connectivity index (χ0) is 21.3. The monoisotopic (exact) mass is 428 g/mol.